The van der Waals surface area contributed by atoms with Crippen LogP contribution in [0.2, 0.25) is 5.02 Å². The van der Waals surface area contributed by atoms with E-state index in [-0.39, 0.29) is 11.9 Å². The van der Waals surface area contributed by atoms with Gasteiger partial charge < -0.3 is 5.32 Å². The van der Waals surface area contributed by atoms with Crippen LogP contribution in [-0.4, -0.2) is 11.7 Å². The number of carbonyl (C=O) groups is 1. The number of hydrogen-bond donors (Lipinski definition) is 1. The van der Waals surface area contributed by atoms with E-state index in [9.17, 15) is 4.79 Å². The van der Waals surface area contributed by atoms with Crippen molar-refractivity contribution in [3.63, 3.8) is 0 Å². The molecule has 1 atom stereocenters. The molecule has 0 saturated heterocycles. The first-order valence-corrected chi connectivity index (χ1v) is 9.18. The average molecular weight is 348 g/mol. The van der Waals surface area contributed by atoms with Gasteiger partial charge in [0.25, 0.3) is 0 Å². The Bertz CT molecular complexity index is 687. The van der Waals surface area contributed by atoms with Crippen LogP contribution in [0.3, 0.4) is 0 Å². The number of hydrogen-bond acceptors (Lipinski definition) is 2. The molecule has 0 radical (unpaired) electrons. The van der Waals surface area contributed by atoms with E-state index < -0.39 is 0 Å². The minimum absolute atomic E-state index is 0.0176. The summed E-state index contributed by atoms with van der Waals surface area (Å²) < 4.78 is 0. The molecule has 0 aliphatic carbocycles. The molecule has 0 aliphatic heterocycles. The van der Waals surface area contributed by atoms with Crippen LogP contribution in [-0.2, 0) is 10.5 Å². The predicted molar refractivity (Wildman–Crippen MR) is 100 cm³/mol. The molecule has 0 fully saturated rings. The number of benzene rings is 2. The van der Waals surface area contributed by atoms with Crippen molar-refractivity contribution in [3.05, 3.63) is 69.7 Å². The first-order chi connectivity index (χ1) is 11.0. The zero-order valence-corrected chi connectivity index (χ0v) is 15.3. The Morgan fingerprint density at radius 2 is 1.96 bits per heavy atom. The zero-order chi connectivity index (χ0) is 16.8. The molecule has 0 heterocycles. The van der Waals surface area contributed by atoms with Gasteiger partial charge in [-0.25, -0.2) is 0 Å². The smallest absolute Gasteiger partial charge is 0.230 e. The zero-order valence-electron chi connectivity index (χ0n) is 13.7. The van der Waals surface area contributed by atoms with E-state index >= 15 is 0 Å². The molecule has 1 amide bonds. The summed E-state index contributed by atoms with van der Waals surface area (Å²) >= 11 is 7.70. The minimum Gasteiger partial charge on any atom is -0.349 e. The molecule has 23 heavy (non-hydrogen) atoms. The molecule has 0 bridgehead atoms. The number of amides is 1. The van der Waals surface area contributed by atoms with Gasteiger partial charge in [0.1, 0.15) is 0 Å². The highest BCUT2D eigenvalue weighted by Gasteiger charge is 2.12. The van der Waals surface area contributed by atoms with E-state index in [0.717, 1.165) is 16.3 Å². The highest BCUT2D eigenvalue weighted by atomic mass is 35.5. The number of rotatable bonds is 6. The molecule has 1 N–H and O–H groups in total. The normalized spacial score (nSPS) is 12.0. The lowest BCUT2D eigenvalue weighted by atomic mass is 10.0. The summed E-state index contributed by atoms with van der Waals surface area (Å²) in [5, 5.41) is 3.82. The number of aryl methyl sites for hydroxylation is 2. The van der Waals surface area contributed by atoms with E-state index in [0.29, 0.717) is 5.75 Å². The van der Waals surface area contributed by atoms with Gasteiger partial charge in [-0.15, -0.1) is 11.8 Å². The Kier molecular flexibility index (Phi) is 6.55. The Hall–Kier alpha value is -1.45. The van der Waals surface area contributed by atoms with Crippen LogP contribution >= 0.6 is 23.4 Å². The van der Waals surface area contributed by atoms with Gasteiger partial charge in [0, 0.05) is 10.8 Å². The summed E-state index contributed by atoms with van der Waals surface area (Å²) in [6, 6.07) is 14.1. The third kappa shape index (κ3) is 5.29. The van der Waals surface area contributed by atoms with E-state index in [2.05, 4.69) is 37.4 Å². The molecule has 4 heteroatoms. The molecule has 122 valence electrons. The SMILES string of the molecule is Cc1ccc([C@@H](C)NC(=O)CSCc2ccccc2Cl)c(C)c1. The maximum absolute atomic E-state index is 12.1. The molecular formula is C19H22ClNOS. The second-order valence-corrected chi connectivity index (χ2v) is 7.13. The summed E-state index contributed by atoms with van der Waals surface area (Å²) in [6.07, 6.45) is 0. The Balaban J connectivity index is 1.83. The number of nitrogens with one attached hydrogen (secondary N) is 1. The van der Waals surface area contributed by atoms with Crippen LogP contribution in [0.1, 0.15) is 35.2 Å². The van der Waals surface area contributed by atoms with Gasteiger partial charge in [-0.1, -0.05) is 53.6 Å². The second kappa shape index (κ2) is 8.42. The van der Waals surface area contributed by atoms with Gasteiger partial charge in [-0.2, -0.15) is 0 Å². The molecule has 0 aromatic heterocycles. The van der Waals surface area contributed by atoms with Crippen LogP contribution in [0.5, 0.6) is 0 Å². The molecule has 0 spiro atoms. The van der Waals surface area contributed by atoms with Crippen LogP contribution < -0.4 is 5.32 Å². The van der Waals surface area contributed by atoms with E-state index in [1.54, 1.807) is 11.8 Å². The van der Waals surface area contributed by atoms with Crippen molar-refractivity contribution in [1.82, 2.24) is 5.32 Å². The molecule has 2 nitrogen and oxygen atoms in total. The standard InChI is InChI=1S/C19H22ClNOS/c1-13-8-9-17(14(2)10-13)15(3)21-19(22)12-23-11-16-6-4-5-7-18(16)20/h4-10,15H,11-12H2,1-3H3,(H,21,22)/t15-/m1/s1. The lowest BCUT2D eigenvalue weighted by molar-refractivity contribution is -0.119. The number of halogens is 1. The van der Waals surface area contributed by atoms with Crippen LogP contribution in [0.4, 0.5) is 0 Å². The first-order valence-electron chi connectivity index (χ1n) is 7.65. The minimum atomic E-state index is 0.0176. The molecular weight excluding hydrogens is 326 g/mol. The van der Waals surface area contributed by atoms with Crippen LogP contribution in [0.25, 0.3) is 0 Å². The molecule has 2 aromatic carbocycles. The summed E-state index contributed by atoms with van der Waals surface area (Å²) in [5.74, 6) is 1.22. The van der Waals surface area contributed by atoms with Crippen molar-refractivity contribution in [3.8, 4) is 0 Å². The quantitative estimate of drug-likeness (QED) is 0.790. The third-order valence-corrected chi connectivity index (χ3v) is 5.07. The van der Waals surface area contributed by atoms with Crippen molar-refractivity contribution in [2.24, 2.45) is 0 Å². The Morgan fingerprint density at radius 1 is 1.22 bits per heavy atom. The summed E-state index contributed by atoms with van der Waals surface area (Å²) in [4.78, 5) is 12.1. The van der Waals surface area contributed by atoms with Gasteiger partial charge in [-0.3, -0.25) is 4.79 Å². The highest BCUT2D eigenvalue weighted by Crippen LogP contribution is 2.21. The largest absolute Gasteiger partial charge is 0.349 e. The first kappa shape index (κ1) is 17.9. The van der Waals surface area contributed by atoms with Crippen molar-refractivity contribution in [1.29, 1.82) is 0 Å². The average Bonchev–Trinajstić information content (AvgIpc) is 2.49. The van der Waals surface area contributed by atoms with E-state index in [1.807, 2.05) is 31.2 Å². The van der Waals surface area contributed by atoms with Crippen LogP contribution in [0, 0.1) is 13.8 Å². The molecule has 2 aromatic rings. The lowest BCUT2D eigenvalue weighted by Gasteiger charge is -2.17. The van der Waals surface area contributed by atoms with Crippen molar-refractivity contribution >= 4 is 29.3 Å². The van der Waals surface area contributed by atoms with E-state index in [4.69, 9.17) is 11.6 Å². The van der Waals surface area contributed by atoms with Crippen molar-refractivity contribution in [2.75, 3.05) is 5.75 Å². The van der Waals surface area contributed by atoms with E-state index in [1.165, 1.54) is 16.7 Å². The monoisotopic (exact) mass is 347 g/mol. The highest BCUT2D eigenvalue weighted by molar-refractivity contribution is 7.99. The van der Waals surface area contributed by atoms with Gasteiger partial charge in [0.2, 0.25) is 5.91 Å². The molecule has 0 aliphatic rings. The Morgan fingerprint density at radius 3 is 2.65 bits per heavy atom. The Labute approximate surface area is 147 Å². The predicted octanol–water partition coefficient (Wildman–Crippen LogP) is 5.07. The summed E-state index contributed by atoms with van der Waals surface area (Å²) in [7, 11) is 0. The maximum atomic E-state index is 12.1. The van der Waals surface area contributed by atoms with Crippen LogP contribution in [0.15, 0.2) is 42.5 Å². The van der Waals surface area contributed by atoms with Crippen molar-refractivity contribution in [2.45, 2.75) is 32.6 Å². The number of thioether (sulfide) groups is 1. The maximum Gasteiger partial charge on any atom is 0.230 e. The summed E-state index contributed by atoms with van der Waals surface area (Å²) in [6.45, 7) is 6.18. The van der Waals surface area contributed by atoms with Gasteiger partial charge in [0.15, 0.2) is 0 Å². The molecule has 0 saturated carbocycles. The van der Waals surface area contributed by atoms with Gasteiger partial charge >= 0.3 is 0 Å². The van der Waals surface area contributed by atoms with Gasteiger partial charge in [0.05, 0.1) is 11.8 Å². The fourth-order valence-corrected chi connectivity index (χ4v) is 3.67. The lowest BCUT2D eigenvalue weighted by Crippen LogP contribution is -2.28. The fourth-order valence-electron chi connectivity index (χ4n) is 2.54. The van der Waals surface area contributed by atoms with Crippen molar-refractivity contribution < 1.29 is 4.79 Å². The second-order valence-electron chi connectivity index (χ2n) is 5.73. The molecule has 0 unspecified atom stereocenters. The fraction of sp³-hybridized carbons (Fsp3) is 0.316. The summed E-state index contributed by atoms with van der Waals surface area (Å²) in [5.41, 5.74) is 4.68. The van der Waals surface area contributed by atoms with Gasteiger partial charge in [-0.05, 0) is 43.5 Å². The topological polar surface area (TPSA) is 29.1 Å². The molecule has 2 rings (SSSR count). The third-order valence-electron chi connectivity index (χ3n) is 3.72. The number of carbonyl (C=O) groups excluding carboxylic acids is 1.